The predicted molar refractivity (Wildman–Crippen MR) is 191 cm³/mol. The summed E-state index contributed by atoms with van der Waals surface area (Å²) in [6.45, 7) is 19.9. The summed E-state index contributed by atoms with van der Waals surface area (Å²) in [5.74, 6) is -4.42. The molecular weight excluding hydrogens is 652 g/mol. The van der Waals surface area contributed by atoms with Crippen molar-refractivity contribution in [2.75, 3.05) is 0 Å². The van der Waals surface area contributed by atoms with Crippen LogP contribution in [0.4, 0.5) is 0 Å². The van der Waals surface area contributed by atoms with Crippen LogP contribution in [0.25, 0.3) is 6.08 Å². The van der Waals surface area contributed by atoms with Gasteiger partial charge in [-0.25, -0.2) is 4.79 Å². The molecule has 1 unspecified atom stereocenters. The maximum absolute atomic E-state index is 13.8. The molecule has 4 rings (SSSR count). The molecule has 278 valence electrons. The lowest BCUT2D eigenvalue weighted by Crippen LogP contribution is -2.65. The lowest BCUT2D eigenvalue weighted by Gasteiger charge is -2.60. The summed E-state index contributed by atoms with van der Waals surface area (Å²) in [5, 5.41) is 0. The molecule has 3 aliphatic carbocycles. The third-order valence-electron chi connectivity index (χ3n) is 11.0. The molecule has 9 atom stereocenters. The van der Waals surface area contributed by atoms with Gasteiger partial charge in [0.2, 0.25) is 0 Å². The van der Waals surface area contributed by atoms with Gasteiger partial charge in [-0.05, 0) is 54.4 Å². The van der Waals surface area contributed by atoms with Gasteiger partial charge in [0.15, 0.2) is 6.10 Å². The Morgan fingerprint density at radius 1 is 0.922 bits per heavy atom. The maximum Gasteiger partial charge on any atom is 0.331 e. The maximum atomic E-state index is 13.8. The number of hydrogen-bond donors (Lipinski definition) is 0. The van der Waals surface area contributed by atoms with E-state index >= 15 is 0 Å². The second-order valence-corrected chi connectivity index (χ2v) is 15.2. The Morgan fingerprint density at radius 2 is 1.55 bits per heavy atom. The molecule has 51 heavy (non-hydrogen) atoms. The molecule has 1 aromatic rings. The van der Waals surface area contributed by atoms with Crippen molar-refractivity contribution in [2.45, 2.75) is 125 Å². The van der Waals surface area contributed by atoms with E-state index in [1.165, 1.54) is 26.8 Å². The first kappa shape index (κ1) is 39.6. The zero-order chi connectivity index (χ0) is 37.8. The van der Waals surface area contributed by atoms with E-state index in [-0.39, 0.29) is 18.3 Å². The number of ether oxygens (including phenoxy) is 5. The second kappa shape index (κ2) is 16.0. The first-order valence-corrected chi connectivity index (χ1v) is 18.0. The minimum atomic E-state index is -1.08. The molecule has 0 amide bonds. The minimum Gasteiger partial charge on any atom is -0.461 e. The number of hydrogen-bond acceptors (Lipinski definition) is 10. The molecule has 0 saturated heterocycles. The average molecular weight is 707 g/mol. The van der Waals surface area contributed by atoms with Gasteiger partial charge in [0.25, 0.3) is 0 Å². The second-order valence-electron chi connectivity index (χ2n) is 15.2. The van der Waals surface area contributed by atoms with E-state index in [1.807, 2.05) is 71.9 Å². The molecule has 2 bridgehead atoms. The summed E-state index contributed by atoms with van der Waals surface area (Å²) in [4.78, 5) is 65.7. The molecule has 0 spiro atoms. The van der Waals surface area contributed by atoms with E-state index in [1.54, 1.807) is 6.08 Å². The zero-order valence-electron chi connectivity index (χ0n) is 31.5. The van der Waals surface area contributed by atoms with Crippen LogP contribution in [-0.2, 0) is 47.7 Å². The van der Waals surface area contributed by atoms with Gasteiger partial charge in [-0.1, -0.05) is 83.5 Å². The fraction of sp³-hybridized carbons (Fsp3) is 0.585. The van der Waals surface area contributed by atoms with Crippen LogP contribution in [0.1, 0.15) is 100.0 Å². The van der Waals surface area contributed by atoms with Gasteiger partial charge in [0.05, 0.1) is 5.92 Å². The average Bonchev–Trinajstić information content (AvgIpc) is 3.02. The summed E-state index contributed by atoms with van der Waals surface area (Å²) in [6, 6.07) is 9.30. The highest BCUT2D eigenvalue weighted by atomic mass is 16.6. The number of fused-ring (bicyclic) bond motifs is 3. The van der Waals surface area contributed by atoms with Crippen molar-refractivity contribution in [3.63, 3.8) is 0 Å². The largest absolute Gasteiger partial charge is 0.461 e. The van der Waals surface area contributed by atoms with Gasteiger partial charge in [-0.15, -0.1) is 0 Å². The van der Waals surface area contributed by atoms with Crippen molar-refractivity contribution in [3.8, 4) is 0 Å². The quantitative estimate of drug-likeness (QED) is 0.107. The van der Waals surface area contributed by atoms with Crippen molar-refractivity contribution in [2.24, 2.45) is 28.6 Å². The Labute approximate surface area is 301 Å². The van der Waals surface area contributed by atoms with Crippen LogP contribution in [0.5, 0.6) is 0 Å². The standard InChI is InChI=1S/C41H54O10/c1-11-15-23(2)39(46)50-31-22-24(3)33-37(49-28(7)44)38(51-32(45)19-18-29-16-13-12-14-17-29)41(10)21-20-30(47-26(5)42)25(4)34(41)36(48-27(6)43)35(31)40(33,8)9/h12-14,16-19,23,30-31,34-38H,4,11,15,20-22H2,1-3,5-10H3/b19-18+/t23?,30-,31-,34-,35-,36-,37+,38-,41+/m0/s1. The molecule has 0 aromatic heterocycles. The molecule has 10 heteroatoms. The van der Waals surface area contributed by atoms with Crippen LogP contribution in [-0.4, -0.2) is 60.4 Å². The van der Waals surface area contributed by atoms with E-state index < -0.39 is 77.1 Å². The molecule has 10 nitrogen and oxygen atoms in total. The molecule has 1 aromatic carbocycles. The molecule has 0 heterocycles. The van der Waals surface area contributed by atoms with Gasteiger partial charge < -0.3 is 23.7 Å². The molecule has 0 N–H and O–H groups in total. The van der Waals surface area contributed by atoms with Crippen molar-refractivity contribution in [1.29, 1.82) is 0 Å². The molecule has 2 fully saturated rings. The Balaban J connectivity index is 1.99. The number of rotatable bonds is 10. The van der Waals surface area contributed by atoms with Crippen molar-refractivity contribution < 1.29 is 47.7 Å². The van der Waals surface area contributed by atoms with Crippen LogP contribution in [0.15, 0.2) is 59.7 Å². The fourth-order valence-corrected chi connectivity index (χ4v) is 8.97. The number of carbonyl (C=O) groups is 5. The highest BCUT2D eigenvalue weighted by Gasteiger charge is 2.65. The Hall–Kier alpha value is -4.21. The lowest BCUT2D eigenvalue weighted by atomic mass is 9.49. The molecule has 0 aliphatic heterocycles. The van der Waals surface area contributed by atoms with E-state index in [2.05, 4.69) is 6.58 Å². The topological polar surface area (TPSA) is 132 Å². The van der Waals surface area contributed by atoms with Crippen LogP contribution in [0.3, 0.4) is 0 Å². The Kier molecular flexibility index (Phi) is 12.4. The van der Waals surface area contributed by atoms with Crippen molar-refractivity contribution in [1.82, 2.24) is 0 Å². The number of carbonyl (C=O) groups excluding carboxylic acids is 5. The first-order valence-electron chi connectivity index (χ1n) is 18.0. The van der Waals surface area contributed by atoms with Crippen molar-refractivity contribution >= 4 is 35.9 Å². The van der Waals surface area contributed by atoms with Crippen LogP contribution >= 0.6 is 0 Å². The first-order chi connectivity index (χ1) is 23.9. The van der Waals surface area contributed by atoms with Gasteiger partial charge in [-0.3, -0.25) is 19.2 Å². The summed E-state index contributed by atoms with van der Waals surface area (Å²) < 4.78 is 31.1. The summed E-state index contributed by atoms with van der Waals surface area (Å²) in [6.07, 6.45) is 0.806. The SMILES string of the molecule is C=C1[C@@H](OC(C)=O)CC[C@@]2(C)[C@@H](OC(=O)/C=C/c3ccccc3)[C@H](OC(C)=O)C3=C(C)C[C@H](OC(=O)C(C)CCC)[C@@H]([C@@H](OC(C)=O)[C@H]12)C3(C)C. The van der Waals surface area contributed by atoms with E-state index in [0.717, 1.165) is 17.6 Å². The Bertz CT molecular complexity index is 1570. The molecule has 3 aliphatic rings. The fourth-order valence-electron chi connectivity index (χ4n) is 8.97. The van der Waals surface area contributed by atoms with Crippen molar-refractivity contribution in [3.05, 3.63) is 65.3 Å². The summed E-state index contributed by atoms with van der Waals surface area (Å²) in [7, 11) is 0. The predicted octanol–water partition coefficient (Wildman–Crippen LogP) is 7.10. The van der Waals surface area contributed by atoms with Gasteiger partial charge in [-0.2, -0.15) is 0 Å². The lowest BCUT2D eigenvalue weighted by molar-refractivity contribution is -0.211. The smallest absolute Gasteiger partial charge is 0.331 e. The monoisotopic (exact) mass is 706 g/mol. The van der Waals surface area contributed by atoms with Crippen LogP contribution in [0.2, 0.25) is 0 Å². The number of benzene rings is 1. The normalized spacial score (nSPS) is 30.6. The third-order valence-corrected chi connectivity index (χ3v) is 11.0. The van der Waals surface area contributed by atoms with Crippen LogP contribution in [0, 0.1) is 28.6 Å². The summed E-state index contributed by atoms with van der Waals surface area (Å²) >= 11 is 0. The molecule has 2 saturated carbocycles. The molecule has 0 radical (unpaired) electrons. The Morgan fingerprint density at radius 3 is 2.14 bits per heavy atom. The van der Waals surface area contributed by atoms with E-state index in [0.29, 0.717) is 30.4 Å². The minimum absolute atomic E-state index is 0.265. The highest BCUT2D eigenvalue weighted by Crippen LogP contribution is 2.61. The number of esters is 5. The molecular formula is C41H54O10. The van der Waals surface area contributed by atoms with E-state index in [9.17, 15) is 24.0 Å². The highest BCUT2D eigenvalue weighted by molar-refractivity contribution is 5.87. The van der Waals surface area contributed by atoms with Gasteiger partial charge in [0.1, 0.15) is 24.4 Å². The third kappa shape index (κ3) is 8.47. The zero-order valence-corrected chi connectivity index (χ0v) is 31.5. The van der Waals surface area contributed by atoms with Gasteiger partial charge >= 0.3 is 29.8 Å². The van der Waals surface area contributed by atoms with Crippen LogP contribution < -0.4 is 0 Å². The summed E-state index contributed by atoms with van der Waals surface area (Å²) in [5.41, 5.74) is 0.782. The van der Waals surface area contributed by atoms with E-state index in [4.69, 9.17) is 23.7 Å². The van der Waals surface area contributed by atoms with Gasteiger partial charge in [0, 0.05) is 50.5 Å².